The van der Waals surface area contributed by atoms with E-state index in [0.29, 0.717) is 0 Å². The summed E-state index contributed by atoms with van der Waals surface area (Å²) in [6.07, 6.45) is 4.26. The van der Waals surface area contributed by atoms with Gasteiger partial charge in [-0.2, -0.15) is 0 Å². The number of rotatable bonds is 4. The number of aromatic nitrogens is 1. The minimum Gasteiger partial charge on any atom is -0.308 e. The Bertz CT molecular complexity index is 1480. The molecule has 166 valence electrons. The Morgan fingerprint density at radius 3 is 2.09 bits per heavy atom. The summed E-state index contributed by atoms with van der Waals surface area (Å²) in [4.78, 5) is 12.5. The summed E-state index contributed by atoms with van der Waals surface area (Å²) in [6, 6.07) is 34.8. The van der Waals surface area contributed by atoms with Crippen molar-refractivity contribution in [2.75, 3.05) is 17.4 Å². The Labute approximate surface area is 212 Å². The second-order valence-corrected chi connectivity index (χ2v) is 10.9. The molecule has 0 fully saturated rings. The molecule has 0 N–H and O–H groups in total. The predicted molar refractivity (Wildman–Crippen MR) is 150 cm³/mol. The SMILES string of the molecule is CSc1ccc2c(c1)Sc1cc(SC)ccc1N2c1cccc(-c2ccc3ccccc3n2)c1. The van der Waals surface area contributed by atoms with Gasteiger partial charge in [0.15, 0.2) is 0 Å². The summed E-state index contributed by atoms with van der Waals surface area (Å²) >= 11 is 5.43. The van der Waals surface area contributed by atoms with Crippen molar-refractivity contribution >= 4 is 63.3 Å². The Balaban J connectivity index is 1.50. The molecule has 5 aromatic rings. The van der Waals surface area contributed by atoms with E-state index in [0.717, 1.165) is 27.8 Å². The molecule has 1 aromatic heterocycles. The first kappa shape index (κ1) is 21.7. The van der Waals surface area contributed by atoms with Crippen LogP contribution >= 0.6 is 35.3 Å². The van der Waals surface area contributed by atoms with Gasteiger partial charge in [0.1, 0.15) is 0 Å². The van der Waals surface area contributed by atoms with Crippen LogP contribution in [0.15, 0.2) is 117 Å². The third-order valence-electron chi connectivity index (χ3n) is 6.03. The van der Waals surface area contributed by atoms with Gasteiger partial charge in [0.05, 0.1) is 22.6 Å². The van der Waals surface area contributed by atoms with Crippen LogP contribution in [0.3, 0.4) is 0 Å². The van der Waals surface area contributed by atoms with E-state index in [9.17, 15) is 0 Å². The molecule has 0 saturated heterocycles. The monoisotopic (exact) mass is 494 g/mol. The highest BCUT2D eigenvalue weighted by Gasteiger charge is 2.25. The van der Waals surface area contributed by atoms with Crippen LogP contribution in [0.2, 0.25) is 0 Å². The number of pyridine rings is 1. The average molecular weight is 495 g/mol. The highest BCUT2D eigenvalue weighted by Crippen LogP contribution is 2.53. The average Bonchev–Trinajstić information content (AvgIpc) is 2.90. The minimum atomic E-state index is 0.989. The molecule has 0 bridgehead atoms. The minimum absolute atomic E-state index is 0.989. The molecule has 2 nitrogen and oxygen atoms in total. The number of hydrogen-bond acceptors (Lipinski definition) is 5. The van der Waals surface area contributed by atoms with Crippen molar-refractivity contribution < 1.29 is 0 Å². The van der Waals surface area contributed by atoms with E-state index >= 15 is 0 Å². The van der Waals surface area contributed by atoms with Gasteiger partial charge < -0.3 is 4.90 Å². The number of nitrogens with zero attached hydrogens (tertiary/aromatic N) is 2. The van der Waals surface area contributed by atoms with Gasteiger partial charge in [-0.05, 0) is 73.2 Å². The highest BCUT2D eigenvalue weighted by molar-refractivity contribution is 8.00. The van der Waals surface area contributed by atoms with Crippen molar-refractivity contribution in [3.05, 3.63) is 97.1 Å². The van der Waals surface area contributed by atoms with Gasteiger partial charge in [-0.3, -0.25) is 0 Å². The van der Waals surface area contributed by atoms with Crippen LogP contribution in [0.5, 0.6) is 0 Å². The van der Waals surface area contributed by atoms with E-state index < -0.39 is 0 Å². The largest absolute Gasteiger partial charge is 0.308 e. The molecule has 1 aliphatic heterocycles. The molecule has 0 aliphatic carbocycles. The molecule has 2 heterocycles. The lowest BCUT2D eigenvalue weighted by Gasteiger charge is -2.33. The summed E-state index contributed by atoms with van der Waals surface area (Å²) in [5.41, 5.74) is 6.70. The van der Waals surface area contributed by atoms with Gasteiger partial charge in [0, 0.05) is 36.2 Å². The molecule has 0 unspecified atom stereocenters. The smallest absolute Gasteiger partial charge is 0.0710 e. The van der Waals surface area contributed by atoms with E-state index in [-0.39, 0.29) is 0 Å². The first-order valence-electron chi connectivity index (χ1n) is 11.0. The molecule has 1 aliphatic rings. The quantitative estimate of drug-likeness (QED) is 0.226. The van der Waals surface area contributed by atoms with Crippen LogP contribution in [0, 0.1) is 0 Å². The zero-order valence-corrected chi connectivity index (χ0v) is 21.3. The lowest BCUT2D eigenvalue weighted by Crippen LogP contribution is -2.15. The number of benzene rings is 4. The molecule has 6 rings (SSSR count). The van der Waals surface area contributed by atoms with Crippen LogP contribution in [0.25, 0.3) is 22.2 Å². The third-order valence-corrected chi connectivity index (χ3v) is 8.58. The molecular formula is C29H22N2S3. The number of anilines is 3. The van der Waals surface area contributed by atoms with Crippen LogP contribution in [-0.4, -0.2) is 17.5 Å². The topological polar surface area (TPSA) is 16.1 Å². The number of para-hydroxylation sites is 1. The van der Waals surface area contributed by atoms with Gasteiger partial charge in [0.25, 0.3) is 0 Å². The van der Waals surface area contributed by atoms with Crippen molar-refractivity contribution in [2.24, 2.45) is 0 Å². The van der Waals surface area contributed by atoms with Crippen LogP contribution in [0.1, 0.15) is 0 Å². The Morgan fingerprint density at radius 2 is 1.38 bits per heavy atom. The molecule has 0 amide bonds. The molecule has 0 radical (unpaired) electrons. The van der Waals surface area contributed by atoms with Gasteiger partial charge in [0.2, 0.25) is 0 Å². The summed E-state index contributed by atoms with van der Waals surface area (Å²) < 4.78 is 0. The van der Waals surface area contributed by atoms with E-state index in [1.54, 1.807) is 23.5 Å². The highest BCUT2D eigenvalue weighted by atomic mass is 32.2. The normalized spacial score (nSPS) is 12.5. The summed E-state index contributed by atoms with van der Waals surface area (Å²) in [7, 11) is 0. The first-order valence-corrected chi connectivity index (χ1v) is 14.3. The Hall–Kier alpha value is -2.86. The fourth-order valence-electron chi connectivity index (χ4n) is 4.33. The van der Waals surface area contributed by atoms with Crippen molar-refractivity contribution in [3.8, 4) is 11.3 Å². The molecule has 5 heteroatoms. The third kappa shape index (κ3) is 3.88. The lowest BCUT2D eigenvalue weighted by atomic mass is 10.1. The fraction of sp³-hybridized carbons (Fsp3) is 0.0690. The maximum Gasteiger partial charge on any atom is 0.0710 e. The Morgan fingerprint density at radius 1 is 0.676 bits per heavy atom. The molecule has 0 saturated carbocycles. The molecule has 34 heavy (non-hydrogen) atoms. The van der Waals surface area contributed by atoms with Crippen molar-refractivity contribution in [1.29, 1.82) is 0 Å². The second kappa shape index (κ2) is 9.06. The van der Waals surface area contributed by atoms with Crippen molar-refractivity contribution in [2.45, 2.75) is 19.6 Å². The molecule has 4 aromatic carbocycles. The van der Waals surface area contributed by atoms with Crippen LogP contribution in [-0.2, 0) is 0 Å². The van der Waals surface area contributed by atoms with E-state index in [4.69, 9.17) is 4.98 Å². The zero-order valence-electron chi connectivity index (χ0n) is 18.9. The molecule has 0 atom stereocenters. The van der Waals surface area contributed by atoms with Crippen molar-refractivity contribution in [3.63, 3.8) is 0 Å². The maximum absolute atomic E-state index is 4.94. The van der Waals surface area contributed by atoms with E-state index in [1.165, 1.54) is 31.0 Å². The lowest BCUT2D eigenvalue weighted by molar-refractivity contribution is 1.13. The number of hydrogen-bond donors (Lipinski definition) is 0. The van der Waals surface area contributed by atoms with Crippen molar-refractivity contribution in [1.82, 2.24) is 4.98 Å². The van der Waals surface area contributed by atoms with Gasteiger partial charge in [-0.1, -0.05) is 48.2 Å². The van der Waals surface area contributed by atoms with Crippen LogP contribution in [0.4, 0.5) is 17.1 Å². The standard InChI is InChI=1S/C29H22N2S3/c1-32-22-11-14-26-28(17-22)34-29-18-23(33-2)12-15-27(29)31(26)21-8-5-7-20(16-21)25-13-10-19-6-3-4-9-24(19)30-25/h3-18H,1-2H3. The number of fused-ring (bicyclic) bond motifs is 3. The van der Waals surface area contributed by atoms with Gasteiger partial charge in [-0.15, -0.1) is 23.5 Å². The van der Waals surface area contributed by atoms with Crippen LogP contribution < -0.4 is 4.90 Å². The zero-order chi connectivity index (χ0) is 23.1. The summed E-state index contributed by atoms with van der Waals surface area (Å²) in [6.45, 7) is 0. The first-order chi connectivity index (χ1) is 16.7. The maximum atomic E-state index is 4.94. The fourth-order valence-corrected chi connectivity index (χ4v) is 6.50. The summed E-state index contributed by atoms with van der Waals surface area (Å²) in [5, 5.41) is 1.16. The van der Waals surface area contributed by atoms with Gasteiger partial charge >= 0.3 is 0 Å². The van der Waals surface area contributed by atoms with Gasteiger partial charge in [-0.25, -0.2) is 4.98 Å². The van der Waals surface area contributed by atoms with E-state index in [1.807, 2.05) is 17.8 Å². The van der Waals surface area contributed by atoms with E-state index in [2.05, 4.69) is 108 Å². The molecule has 0 spiro atoms. The Kier molecular flexibility index (Phi) is 5.77. The molecular weight excluding hydrogens is 473 g/mol. The summed E-state index contributed by atoms with van der Waals surface area (Å²) in [5.74, 6) is 0. The second-order valence-electron chi connectivity index (χ2n) is 8.04. The number of thioether (sulfide) groups is 2. The predicted octanol–water partition coefficient (Wildman–Crippen LogP) is 9.28.